The molecule has 84 valence electrons. The zero-order valence-electron chi connectivity index (χ0n) is 9.50. The molecule has 0 aliphatic heterocycles. The molecular weight excluding hydrogens is 210 g/mol. The van der Waals surface area contributed by atoms with Crippen molar-refractivity contribution in [2.45, 2.75) is 19.4 Å². The number of hydrogen-bond donors (Lipinski definition) is 1. The maximum atomic E-state index is 9.77. The smallest absolute Gasteiger partial charge is 0.0707 e. The maximum Gasteiger partial charge on any atom is 0.0707 e. The molecule has 0 aromatic heterocycles. The quantitative estimate of drug-likeness (QED) is 0.852. The molecule has 0 aliphatic carbocycles. The van der Waals surface area contributed by atoms with E-state index < -0.39 is 0 Å². The van der Waals surface area contributed by atoms with E-state index in [-0.39, 0.29) is 6.10 Å². The zero-order valence-corrected chi connectivity index (χ0v) is 10.3. The molecule has 0 saturated heterocycles. The number of nitrogens with zero attached hydrogens (tertiary/aromatic N) is 1. The molecule has 0 heterocycles. The van der Waals surface area contributed by atoms with E-state index in [1.807, 2.05) is 44.1 Å². The first-order chi connectivity index (χ1) is 6.99. The van der Waals surface area contributed by atoms with Gasteiger partial charge in [0.05, 0.1) is 6.10 Å². The fourth-order valence-corrected chi connectivity index (χ4v) is 1.87. The standard InChI is InChI=1S/C12H18ClNO/c1-9-4-5-10(12(13)6-9)7-11(15)8-14(2)3/h4-6,11,15H,7-8H2,1-3H3. The van der Waals surface area contributed by atoms with Crippen LogP contribution in [0.1, 0.15) is 11.1 Å². The van der Waals surface area contributed by atoms with Gasteiger partial charge < -0.3 is 10.0 Å². The van der Waals surface area contributed by atoms with Crippen LogP contribution in [0.15, 0.2) is 18.2 Å². The van der Waals surface area contributed by atoms with Gasteiger partial charge in [0.15, 0.2) is 0 Å². The van der Waals surface area contributed by atoms with Gasteiger partial charge in [-0.25, -0.2) is 0 Å². The van der Waals surface area contributed by atoms with Crippen molar-refractivity contribution in [2.75, 3.05) is 20.6 Å². The minimum Gasteiger partial charge on any atom is -0.391 e. The van der Waals surface area contributed by atoms with Crippen LogP contribution in [-0.4, -0.2) is 36.8 Å². The van der Waals surface area contributed by atoms with Crippen molar-refractivity contribution in [1.82, 2.24) is 4.90 Å². The van der Waals surface area contributed by atoms with Gasteiger partial charge in [-0.1, -0.05) is 23.7 Å². The monoisotopic (exact) mass is 227 g/mol. The third-order valence-corrected chi connectivity index (χ3v) is 2.59. The molecule has 0 radical (unpaired) electrons. The molecule has 0 spiro atoms. The van der Waals surface area contributed by atoms with Gasteiger partial charge in [-0.2, -0.15) is 0 Å². The molecule has 1 unspecified atom stereocenters. The minimum absolute atomic E-state index is 0.361. The fraction of sp³-hybridized carbons (Fsp3) is 0.500. The molecular formula is C12H18ClNO. The van der Waals surface area contributed by atoms with Crippen LogP contribution < -0.4 is 0 Å². The average Bonchev–Trinajstić information content (AvgIpc) is 2.08. The molecule has 0 saturated carbocycles. The van der Waals surface area contributed by atoms with Gasteiger partial charge in [0, 0.05) is 18.0 Å². The second kappa shape index (κ2) is 5.50. The number of aliphatic hydroxyl groups is 1. The number of halogens is 1. The highest BCUT2D eigenvalue weighted by molar-refractivity contribution is 6.31. The summed E-state index contributed by atoms with van der Waals surface area (Å²) in [7, 11) is 3.89. The Morgan fingerprint density at radius 1 is 1.40 bits per heavy atom. The Bertz CT molecular complexity index is 325. The predicted octanol–water partition coefficient (Wildman–Crippen LogP) is 2.11. The lowest BCUT2D eigenvalue weighted by atomic mass is 10.1. The Morgan fingerprint density at radius 2 is 2.07 bits per heavy atom. The first-order valence-electron chi connectivity index (χ1n) is 5.07. The third kappa shape index (κ3) is 4.20. The fourth-order valence-electron chi connectivity index (χ4n) is 1.56. The summed E-state index contributed by atoms with van der Waals surface area (Å²) in [4.78, 5) is 1.97. The van der Waals surface area contributed by atoms with Crippen LogP contribution in [0.5, 0.6) is 0 Å². The number of aliphatic hydroxyl groups excluding tert-OH is 1. The molecule has 0 amide bonds. The van der Waals surface area contributed by atoms with Crippen LogP contribution >= 0.6 is 11.6 Å². The Labute approximate surface area is 96.5 Å². The summed E-state index contributed by atoms with van der Waals surface area (Å²) >= 11 is 6.09. The second-order valence-corrected chi connectivity index (χ2v) is 4.62. The van der Waals surface area contributed by atoms with E-state index in [1.165, 1.54) is 0 Å². The Hall–Kier alpha value is -0.570. The topological polar surface area (TPSA) is 23.5 Å². The zero-order chi connectivity index (χ0) is 11.4. The number of likely N-dealkylation sites (N-methyl/N-ethyl adjacent to an activating group) is 1. The van der Waals surface area contributed by atoms with E-state index in [4.69, 9.17) is 11.6 Å². The van der Waals surface area contributed by atoms with Crippen LogP contribution in [0.4, 0.5) is 0 Å². The third-order valence-electron chi connectivity index (χ3n) is 2.24. The van der Waals surface area contributed by atoms with Gasteiger partial charge in [-0.3, -0.25) is 0 Å². The van der Waals surface area contributed by atoms with Gasteiger partial charge in [-0.15, -0.1) is 0 Å². The Balaban J connectivity index is 2.64. The van der Waals surface area contributed by atoms with Crippen LogP contribution in [0, 0.1) is 6.92 Å². The largest absolute Gasteiger partial charge is 0.391 e. The molecule has 0 fully saturated rings. The first kappa shape index (κ1) is 12.5. The first-order valence-corrected chi connectivity index (χ1v) is 5.44. The molecule has 1 atom stereocenters. The van der Waals surface area contributed by atoms with Crippen LogP contribution in [0.25, 0.3) is 0 Å². The van der Waals surface area contributed by atoms with Crippen molar-refractivity contribution in [1.29, 1.82) is 0 Å². The van der Waals surface area contributed by atoms with E-state index in [9.17, 15) is 5.11 Å². The van der Waals surface area contributed by atoms with Gasteiger partial charge in [0.1, 0.15) is 0 Å². The van der Waals surface area contributed by atoms with E-state index in [1.54, 1.807) is 0 Å². The predicted molar refractivity (Wildman–Crippen MR) is 64.5 cm³/mol. The van der Waals surface area contributed by atoms with Crippen LogP contribution in [0.3, 0.4) is 0 Å². The second-order valence-electron chi connectivity index (χ2n) is 4.22. The number of hydrogen-bond acceptors (Lipinski definition) is 2. The van der Waals surface area contributed by atoms with Crippen molar-refractivity contribution in [2.24, 2.45) is 0 Å². The summed E-state index contributed by atoms with van der Waals surface area (Å²) in [5, 5.41) is 10.5. The average molecular weight is 228 g/mol. The van der Waals surface area contributed by atoms with E-state index in [2.05, 4.69) is 0 Å². The summed E-state index contributed by atoms with van der Waals surface area (Å²) < 4.78 is 0. The Morgan fingerprint density at radius 3 is 2.60 bits per heavy atom. The van der Waals surface area contributed by atoms with Gasteiger partial charge >= 0.3 is 0 Å². The molecule has 1 rings (SSSR count). The number of aryl methyl sites for hydroxylation is 1. The summed E-state index contributed by atoms with van der Waals surface area (Å²) in [6.07, 6.45) is 0.248. The summed E-state index contributed by atoms with van der Waals surface area (Å²) in [5.74, 6) is 0. The van der Waals surface area contributed by atoms with E-state index in [0.29, 0.717) is 13.0 Å². The maximum absolute atomic E-state index is 9.77. The number of benzene rings is 1. The molecule has 2 nitrogen and oxygen atoms in total. The highest BCUT2D eigenvalue weighted by Crippen LogP contribution is 2.19. The van der Waals surface area contributed by atoms with Crippen molar-refractivity contribution in [3.8, 4) is 0 Å². The molecule has 3 heteroatoms. The Kier molecular flexibility index (Phi) is 4.58. The van der Waals surface area contributed by atoms with Crippen molar-refractivity contribution in [3.63, 3.8) is 0 Å². The summed E-state index contributed by atoms with van der Waals surface area (Å²) in [6, 6.07) is 5.93. The van der Waals surface area contributed by atoms with Gasteiger partial charge in [0.25, 0.3) is 0 Å². The van der Waals surface area contributed by atoms with E-state index >= 15 is 0 Å². The molecule has 1 aromatic rings. The number of rotatable bonds is 4. The highest BCUT2D eigenvalue weighted by Gasteiger charge is 2.09. The van der Waals surface area contributed by atoms with Crippen molar-refractivity contribution < 1.29 is 5.11 Å². The van der Waals surface area contributed by atoms with Crippen LogP contribution in [-0.2, 0) is 6.42 Å². The van der Waals surface area contributed by atoms with Crippen molar-refractivity contribution >= 4 is 11.6 Å². The normalized spacial score (nSPS) is 13.2. The molecule has 15 heavy (non-hydrogen) atoms. The lowest BCUT2D eigenvalue weighted by Gasteiger charge is -2.16. The highest BCUT2D eigenvalue weighted by atomic mass is 35.5. The lowest BCUT2D eigenvalue weighted by molar-refractivity contribution is 0.137. The van der Waals surface area contributed by atoms with Gasteiger partial charge in [0.2, 0.25) is 0 Å². The molecule has 0 bridgehead atoms. The van der Waals surface area contributed by atoms with Crippen LogP contribution in [0.2, 0.25) is 5.02 Å². The minimum atomic E-state index is -0.361. The SMILES string of the molecule is Cc1ccc(CC(O)CN(C)C)c(Cl)c1. The summed E-state index contributed by atoms with van der Waals surface area (Å²) in [6.45, 7) is 2.66. The van der Waals surface area contributed by atoms with E-state index in [0.717, 1.165) is 16.1 Å². The summed E-state index contributed by atoms with van der Waals surface area (Å²) in [5.41, 5.74) is 2.16. The molecule has 1 aromatic carbocycles. The van der Waals surface area contributed by atoms with Crippen molar-refractivity contribution in [3.05, 3.63) is 34.3 Å². The lowest BCUT2D eigenvalue weighted by Crippen LogP contribution is -2.27. The molecule has 0 aliphatic rings. The van der Waals surface area contributed by atoms with Gasteiger partial charge in [-0.05, 0) is 38.2 Å². The molecule has 1 N–H and O–H groups in total.